The molecule has 0 atom stereocenters. The number of nitrogens with zero attached hydrogens (tertiary/aromatic N) is 2. The molecule has 82 valence electrons. The van der Waals surface area contributed by atoms with E-state index in [4.69, 9.17) is 0 Å². The summed E-state index contributed by atoms with van der Waals surface area (Å²) in [5.74, 6) is 0. The second kappa shape index (κ2) is 6.01. The average molecular weight is 198 g/mol. The predicted molar refractivity (Wildman–Crippen MR) is 59.6 cm³/mol. The van der Waals surface area contributed by atoms with E-state index in [1.54, 1.807) is 0 Å². The monoisotopic (exact) mass is 198 g/mol. The van der Waals surface area contributed by atoms with Gasteiger partial charge in [-0.1, -0.05) is 6.58 Å². The van der Waals surface area contributed by atoms with Crippen LogP contribution in [0.25, 0.3) is 0 Å². The Hall–Kier alpha value is -0.580. The summed E-state index contributed by atoms with van der Waals surface area (Å²) >= 11 is 0. The summed E-state index contributed by atoms with van der Waals surface area (Å²) < 4.78 is 0. The van der Waals surface area contributed by atoms with Crippen LogP contribution in [0, 0.1) is 0 Å². The first-order valence-electron chi connectivity index (χ1n) is 5.27. The van der Waals surface area contributed by atoms with Gasteiger partial charge in [0.15, 0.2) is 0 Å². The molecule has 2 N–H and O–H groups in total. The molecular formula is C10H22N4. The standard InChI is InChI=1S/C10H22N4/c1-4-14(13(3)9-11-2)10-5-7-12-8-6-10/h4,10-12H,1,5-9H2,2-3H3. The van der Waals surface area contributed by atoms with Crippen molar-refractivity contribution in [2.45, 2.75) is 18.9 Å². The second-order valence-corrected chi connectivity index (χ2v) is 3.71. The maximum atomic E-state index is 3.88. The Morgan fingerprint density at radius 2 is 2.14 bits per heavy atom. The summed E-state index contributed by atoms with van der Waals surface area (Å²) in [5.41, 5.74) is 0. The molecule has 0 spiro atoms. The maximum absolute atomic E-state index is 3.88. The normalized spacial score (nSPS) is 18.5. The molecule has 1 fully saturated rings. The molecule has 0 aromatic carbocycles. The fourth-order valence-electron chi connectivity index (χ4n) is 1.95. The Morgan fingerprint density at radius 1 is 1.50 bits per heavy atom. The maximum Gasteiger partial charge on any atom is 0.0665 e. The van der Waals surface area contributed by atoms with Crippen LogP contribution < -0.4 is 10.6 Å². The summed E-state index contributed by atoms with van der Waals surface area (Å²) in [6.45, 7) is 6.96. The number of hydrogen-bond donors (Lipinski definition) is 2. The highest BCUT2D eigenvalue weighted by molar-refractivity contribution is 4.81. The third kappa shape index (κ3) is 2.97. The molecule has 4 nitrogen and oxygen atoms in total. The molecule has 0 amide bonds. The van der Waals surface area contributed by atoms with E-state index in [1.807, 2.05) is 13.2 Å². The van der Waals surface area contributed by atoms with Gasteiger partial charge >= 0.3 is 0 Å². The van der Waals surface area contributed by atoms with Crippen molar-refractivity contribution in [1.82, 2.24) is 20.7 Å². The molecular weight excluding hydrogens is 176 g/mol. The lowest BCUT2D eigenvalue weighted by Gasteiger charge is -2.39. The van der Waals surface area contributed by atoms with Gasteiger partial charge in [-0.15, -0.1) is 0 Å². The summed E-state index contributed by atoms with van der Waals surface area (Å²) in [6, 6.07) is 0.604. The Kier molecular flexibility index (Phi) is 4.93. The fourth-order valence-corrected chi connectivity index (χ4v) is 1.95. The predicted octanol–water partition coefficient (Wildman–Crippen LogP) is 0.208. The lowest BCUT2D eigenvalue weighted by molar-refractivity contribution is -0.00606. The lowest BCUT2D eigenvalue weighted by atomic mass is 10.1. The van der Waals surface area contributed by atoms with Crippen molar-refractivity contribution < 1.29 is 0 Å². The topological polar surface area (TPSA) is 30.5 Å². The number of nitrogens with one attached hydrogen (secondary N) is 2. The highest BCUT2D eigenvalue weighted by Gasteiger charge is 2.20. The van der Waals surface area contributed by atoms with Crippen LogP contribution >= 0.6 is 0 Å². The summed E-state index contributed by atoms with van der Waals surface area (Å²) in [7, 11) is 4.04. The molecule has 0 saturated carbocycles. The minimum absolute atomic E-state index is 0.604. The average Bonchev–Trinajstić information content (AvgIpc) is 2.21. The number of hydrogen-bond acceptors (Lipinski definition) is 4. The van der Waals surface area contributed by atoms with Crippen LogP contribution in [0.5, 0.6) is 0 Å². The molecule has 0 radical (unpaired) electrons. The molecule has 1 saturated heterocycles. The molecule has 1 aliphatic heterocycles. The van der Waals surface area contributed by atoms with Crippen LogP contribution in [0.1, 0.15) is 12.8 Å². The van der Waals surface area contributed by atoms with E-state index in [0.29, 0.717) is 6.04 Å². The van der Waals surface area contributed by atoms with Gasteiger partial charge in [0.2, 0.25) is 0 Å². The summed E-state index contributed by atoms with van der Waals surface area (Å²) in [6.07, 6.45) is 4.31. The molecule has 14 heavy (non-hydrogen) atoms. The van der Waals surface area contributed by atoms with Crippen molar-refractivity contribution in [3.8, 4) is 0 Å². The highest BCUT2D eigenvalue weighted by atomic mass is 15.6. The van der Waals surface area contributed by atoms with Crippen molar-refractivity contribution in [1.29, 1.82) is 0 Å². The van der Waals surface area contributed by atoms with Crippen LogP contribution in [0.15, 0.2) is 12.8 Å². The van der Waals surface area contributed by atoms with Crippen molar-refractivity contribution in [3.05, 3.63) is 12.8 Å². The number of hydrazine groups is 1. The van der Waals surface area contributed by atoms with Crippen molar-refractivity contribution in [2.75, 3.05) is 33.9 Å². The van der Waals surface area contributed by atoms with Gasteiger partial charge in [-0.05, 0) is 33.0 Å². The minimum Gasteiger partial charge on any atom is -0.317 e. The van der Waals surface area contributed by atoms with Gasteiger partial charge in [-0.25, -0.2) is 5.01 Å². The first kappa shape index (κ1) is 11.5. The van der Waals surface area contributed by atoms with E-state index in [2.05, 4.69) is 34.3 Å². The molecule has 0 aliphatic carbocycles. The zero-order valence-corrected chi connectivity index (χ0v) is 9.29. The van der Waals surface area contributed by atoms with E-state index in [0.717, 1.165) is 19.8 Å². The molecule has 0 aromatic rings. The first-order chi connectivity index (χ1) is 6.79. The lowest BCUT2D eigenvalue weighted by Crippen LogP contribution is -2.49. The van der Waals surface area contributed by atoms with Crippen molar-refractivity contribution >= 4 is 0 Å². The van der Waals surface area contributed by atoms with E-state index in [9.17, 15) is 0 Å². The number of piperidine rings is 1. The van der Waals surface area contributed by atoms with E-state index in [1.165, 1.54) is 12.8 Å². The van der Waals surface area contributed by atoms with Crippen LogP contribution in [-0.4, -0.2) is 49.9 Å². The Labute approximate surface area is 86.9 Å². The molecule has 0 bridgehead atoms. The van der Waals surface area contributed by atoms with Gasteiger partial charge in [-0.2, -0.15) is 0 Å². The van der Waals surface area contributed by atoms with Crippen LogP contribution in [-0.2, 0) is 0 Å². The van der Waals surface area contributed by atoms with E-state index >= 15 is 0 Å². The fraction of sp³-hybridized carbons (Fsp3) is 0.800. The Bertz CT molecular complexity index is 166. The smallest absolute Gasteiger partial charge is 0.0665 e. The first-order valence-corrected chi connectivity index (χ1v) is 5.27. The summed E-state index contributed by atoms with van der Waals surface area (Å²) in [5, 5.41) is 10.9. The SMILES string of the molecule is C=CN(C1CCNCC1)N(C)CNC. The van der Waals surface area contributed by atoms with Crippen molar-refractivity contribution in [2.24, 2.45) is 0 Å². The molecule has 1 heterocycles. The number of rotatable bonds is 5. The van der Waals surface area contributed by atoms with Gasteiger partial charge in [0.1, 0.15) is 0 Å². The minimum atomic E-state index is 0.604. The van der Waals surface area contributed by atoms with Crippen LogP contribution in [0.3, 0.4) is 0 Å². The molecule has 1 aliphatic rings. The van der Waals surface area contributed by atoms with Gasteiger partial charge in [0.05, 0.1) is 6.67 Å². The van der Waals surface area contributed by atoms with Crippen molar-refractivity contribution in [3.63, 3.8) is 0 Å². The molecule has 0 unspecified atom stereocenters. The molecule has 1 rings (SSSR count). The Morgan fingerprint density at radius 3 is 2.64 bits per heavy atom. The largest absolute Gasteiger partial charge is 0.317 e. The highest BCUT2D eigenvalue weighted by Crippen LogP contribution is 2.13. The molecule has 4 heteroatoms. The van der Waals surface area contributed by atoms with Crippen LogP contribution in [0.4, 0.5) is 0 Å². The zero-order valence-electron chi connectivity index (χ0n) is 9.29. The second-order valence-electron chi connectivity index (χ2n) is 3.71. The van der Waals surface area contributed by atoms with Crippen LogP contribution in [0.2, 0.25) is 0 Å². The van der Waals surface area contributed by atoms with E-state index < -0.39 is 0 Å². The quantitative estimate of drug-likeness (QED) is 0.488. The third-order valence-corrected chi connectivity index (χ3v) is 2.65. The summed E-state index contributed by atoms with van der Waals surface area (Å²) in [4.78, 5) is 0. The van der Waals surface area contributed by atoms with Gasteiger partial charge in [0.25, 0.3) is 0 Å². The Balaban J connectivity index is 2.46. The van der Waals surface area contributed by atoms with Gasteiger partial charge in [0, 0.05) is 19.3 Å². The third-order valence-electron chi connectivity index (χ3n) is 2.65. The van der Waals surface area contributed by atoms with Gasteiger partial charge in [-0.3, -0.25) is 0 Å². The van der Waals surface area contributed by atoms with Gasteiger partial charge < -0.3 is 15.6 Å². The molecule has 0 aromatic heterocycles. The van der Waals surface area contributed by atoms with E-state index in [-0.39, 0.29) is 0 Å². The zero-order chi connectivity index (χ0) is 10.4.